The molecule has 0 spiro atoms. The number of fused-ring (bicyclic) bond motifs is 1. The Labute approximate surface area is 98.6 Å². The van der Waals surface area contributed by atoms with Crippen molar-refractivity contribution in [2.45, 2.75) is 6.04 Å². The van der Waals surface area contributed by atoms with E-state index in [2.05, 4.69) is 0 Å². The van der Waals surface area contributed by atoms with Crippen molar-refractivity contribution < 1.29 is 14.6 Å². The van der Waals surface area contributed by atoms with Crippen LogP contribution < -0.4 is 10.5 Å². The van der Waals surface area contributed by atoms with E-state index in [1.54, 1.807) is 6.07 Å². The van der Waals surface area contributed by atoms with Gasteiger partial charge in [0, 0.05) is 0 Å². The second-order valence-electron chi connectivity index (χ2n) is 3.76. The van der Waals surface area contributed by atoms with Gasteiger partial charge in [0.2, 0.25) is 0 Å². The second kappa shape index (κ2) is 4.84. The number of carbonyl (C=O) groups is 1. The maximum absolute atomic E-state index is 10.5. The first-order valence-corrected chi connectivity index (χ1v) is 5.27. The predicted octanol–water partition coefficient (Wildman–Crippen LogP) is 1.63. The number of hydrogen-bond donors (Lipinski definition) is 2. The monoisotopic (exact) mass is 231 g/mol. The summed E-state index contributed by atoms with van der Waals surface area (Å²) in [5, 5.41) is 10.8. The summed E-state index contributed by atoms with van der Waals surface area (Å²) in [4.78, 5) is 10.5. The van der Waals surface area contributed by atoms with Gasteiger partial charge in [-0.3, -0.25) is 4.79 Å². The average molecular weight is 231 g/mol. The molecule has 17 heavy (non-hydrogen) atoms. The highest BCUT2D eigenvalue weighted by Gasteiger charge is 2.11. The summed E-state index contributed by atoms with van der Waals surface area (Å²) in [6, 6.07) is 12.5. The van der Waals surface area contributed by atoms with Crippen LogP contribution >= 0.6 is 0 Å². The third kappa shape index (κ3) is 2.73. The van der Waals surface area contributed by atoms with E-state index in [0.29, 0.717) is 5.75 Å². The molecule has 4 heteroatoms. The van der Waals surface area contributed by atoms with Crippen LogP contribution in [0.1, 0.15) is 0 Å². The number of aliphatic carboxylic acids is 1. The van der Waals surface area contributed by atoms with Gasteiger partial charge in [-0.2, -0.15) is 0 Å². The minimum atomic E-state index is -1.06. The first kappa shape index (κ1) is 11.4. The van der Waals surface area contributed by atoms with Gasteiger partial charge in [-0.25, -0.2) is 0 Å². The molecule has 0 saturated carbocycles. The molecule has 0 aliphatic carbocycles. The van der Waals surface area contributed by atoms with Crippen molar-refractivity contribution in [3.63, 3.8) is 0 Å². The minimum Gasteiger partial charge on any atom is -0.491 e. The van der Waals surface area contributed by atoms with Gasteiger partial charge >= 0.3 is 5.97 Å². The zero-order valence-corrected chi connectivity index (χ0v) is 9.17. The third-order valence-electron chi connectivity index (χ3n) is 2.47. The molecule has 0 saturated heterocycles. The van der Waals surface area contributed by atoms with Crippen LogP contribution in [-0.4, -0.2) is 23.7 Å². The lowest BCUT2D eigenvalue weighted by atomic mass is 10.1. The second-order valence-corrected chi connectivity index (χ2v) is 3.76. The number of carboxylic acids is 1. The van der Waals surface area contributed by atoms with Crippen molar-refractivity contribution in [2.24, 2.45) is 5.73 Å². The normalized spacial score (nSPS) is 12.3. The maximum Gasteiger partial charge on any atom is 0.324 e. The van der Waals surface area contributed by atoms with E-state index in [4.69, 9.17) is 15.6 Å². The molecule has 0 aliphatic rings. The van der Waals surface area contributed by atoms with Crippen molar-refractivity contribution in [3.8, 4) is 5.75 Å². The molecule has 2 rings (SSSR count). The smallest absolute Gasteiger partial charge is 0.324 e. The number of benzene rings is 2. The quantitative estimate of drug-likeness (QED) is 0.838. The summed E-state index contributed by atoms with van der Waals surface area (Å²) in [7, 11) is 0. The third-order valence-corrected chi connectivity index (χ3v) is 2.47. The highest BCUT2D eigenvalue weighted by Crippen LogP contribution is 2.20. The predicted molar refractivity (Wildman–Crippen MR) is 65.1 cm³/mol. The molecule has 0 bridgehead atoms. The first-order chi connectivity index (χ1) is 8.16. The van der Waals surface area contributed by atoms with Crippen molar-refractivity contribution >= 4 is 16.7 Å². The lowest BCUT2D eigenvalue weighted by Crippen LogP contribution is -2.36. The summed E-state index contributed by atoms with van der Waals surface area (Å²) in [6.07, 6.45) is 0. The molecule has 0 aromatic heterocycles. The number of rotatable bonds is 4. The van der Waals surface area contributed by atoms with E-state index < -0.39 is 12.0 Å². The van der Waals surface area contributed by atoms with E-state index in [9.17, 15) is 4.79 Å². The molecule has 2 aromatic rings. The largest absolute Gasteiger partial charge is 0.491 e. The molecule has 4 nitrogen and oxygen atoms in total. The Kier molecular flexibility index (Phi) is 3.25. The molecule has 0 radical (unpaired) electrons. The lowest BCUT2D eigenvalue weighted by Gasteiger charge is -2.09. The highest BCUT2D eigenvalue weighted by molar-refractivity contribution is 5.83. The summed E-state index contributed by atoms with van der Waals surface area (Å²) in [5.41, 5.74) is 5.35. The Morgan fingerprint density at radius 1 is 1.24 bits per heavy atom. The van der Waals surface area contributed by atoms with Gasteiger partial charge in [-0.05, 0) is 22.9 Å². The van der Waals surface area contributed by atoms with Crippen LogP contribution in [0, 0.1) is 0 Å². The van der Waals surface area contributed by atoms with Crippen LogP contribution in [0.4, 0.5) is 0 Å². The van der Waals surface area contributed by atoms with Gasteiger partial charge in [0.05, 0.1) is 0 Å². The Morgan fingerprint density at radius 2 is 1.94 bits per heavy atom. The fraction of sp³-hybridized carbons (Fsp3) is 0.154. The van der Waals surface area contributed by atoms with Crippen LogP contribution in [0.2, 0.25) is 0 Å². The van der Waals surface area contributed by atoms with Crippen molar-refractivity contribution in [2.75, 3.05) is 6.61 Å². The summed E-state index contributed by atoms with van der Waals surface area (Å²) < 4.78 is 5.33. The Hall–Kier alpha value is -2.07. The van der Waals surface area contributed by atoms with Crippen molar-refractivity contribution in [3.05, 3.63) is 42.5 Å². The Bertz CT molecular complexity index is 539. The maximum atomic E-state index is 10.5. The molecular weight excluding hydrogens is 218 g/mol. The topological polar surface area (TPSA) is 72.5 Å². The molecule has 0 fully saturated rings. The standard InChI is InChI=1S/C13H13NO3/c14-12(13(15)16)8-17-11-6-5-9-3-1-2-4-10(9)7-11/h1-7,12H,8,14H2,(H,15,16). The van der Waals surface area contributed by atoms with Crippen LogP contribution in [0.25, 0.3) is 10.8 Å². The molecule has 0 amide bonds. The average Bonchev–Trinajstić information content (AvgIpc) is 2.35. The summed E-state index contributed by atoms with van der Waals surface area (Å²) >= 11 is 0. The van der Waals surface area contributed by atoms with Gasteiger partial charge < -0.3 is 15.6 Å². The molecule has 0 heterocycles. The molecule has 3 N–H and O–H groups in total. The van der Waals surface area contributed by atoms with E-state index >= 15 is 0 Å². The Balaban J connectivity index is 2.12. The lowest BCUT2D eigenvalue weighted by molar-refractivity contribution is -0.139. The molecule has 1 unspecified atom stereocenters. The zero-order chi connectivity index (χ0) is 12.3. The number of nitrogens with two attached hydrogens (primary N) is 1. The SMILES string of the molecule is NC(COc1ccc2ccccc2c1)C(=O)O. The van der Waals surface area contributed by atoms with Gasteiger partial charge in [0.15, 0.2) is 0 Å². The van der Waals surface area contributed by atoms with E-state index in [-0.39, 0.29) is 6.61 Å². The van der Waals surface area contributed by atoms with Crippen molar-refractivity contribution in [1.82, 2.24) is 0 Å². The van der Waals surface area contributed by atoms with E-state index in [1.165, 1.54) is 0 Å². The van der Waals surface area contributed by atoms with Crippen LogP contribution in [0.3, 0.4) is 0 Å². The number of hydrogen-bond acceptors (Lipinski definition) is 3. The van der Waals surface area contributed by atoms with Gasteiger partial charge in [-0.1, -0.05) is 30.3 Å². The van der Waals surface area contributed by atoms with E-state index in [1.807, 2.05) is 36.4 Å². The molecule has 0 aliphatic heterocycles. The summed E-state index contributed by atoms with van der Waals surface area (Å²) in [6.45, 7) is -0.0341. The zero-order valence-electron chi connectivity index (χ0n) is 9.17. The van der Waals surface area contributed by atoms with Gasteiger partial charge in [-0.15, -0.1) is 0 Å². The molecule has 88 valence electrons. The van der Waals surface area contributed by atoms with Crippen LogP contribution in [0.15, 0.2) is 42.5 Å². The molecule has 2 aromatic carbocycles. The summed E-state index contributed by atoms with van der Waals surface area (Å²) in [5.74, 6) is -0.439. The van der Waals surface area contributed by atoms with Crippen molar-refractivity contribution in [1.29, 1.82) is 0 Å². The molecular formula is C13H13NO3. The van der Waals surface area contributed by atoms with Gasteiger partial charge in [0.25, 0.3) is 0 Å². The minimum absolute atomic E-state index is 0.0341. The fourth-order valence-corrected chi connectivity index (χ4v) is 1.51. The molecule has 1 atom stereocenters. The van der Waals surface area contributed by atoms with Crippen LogP contribution in [0.5, 0.6) is 5.75 Å². The number of carboxylic acid groups (broad SMARTS) is 1. The highest BCUT2D eigenvalue weighted by atomic mass is 16.5. The Morgan fingerprint density at radius 3 is 2.65 bits per heavy atom. The number of ether oxygens (including phenoxy) is 1. The van der Waals surface area contributed by atoms with E-state index in [0.717, 1.165) is 10.8 Å². The fourth-order valence-electron chi connectivity index (χ4n) is 1.51. The van der Waals surface area contributed by atoms with Crippen LogP contribution in [-0.2, 0) is 4.79 Å². The van der Waals surface area contributed by atoms with Gasteiger partial charge in [0.1, 0.15) is 18.4 Å². The first-order valence-electron chi connectivity index (χ1n) is 5.27.